The third kappa shape index (κ3) is 12.9. The smallest absolute Gasteiger partial charge is 0.164 e. The van der Waals surface area contributed by atoms with Crippen molar-refractivity contribution in [2.24, 2.45) is 0 Å². The maximum atomic E-state index is 10.0. The number of hydrogen-bond acceptors (Lipinski definition) is 8. The summed E-state index contributed by atoms with van der Waals surface area (Å²) in [7, 11) is 0. The van der Waals surface area contributed by atoms with Crippen LogP contribution in [0.4, 0.5) is 0 Å². The second-order valence-electron chi connectivity index (χ2n) is 25.6. The number of nitrogens with zero attached hydrogens (tertiary/aromatic N) is 8. The van der Waals surface area contributed by atoms with Crippen molar-refractivity contribution in [2.75, 3.05) is 0 Å². The third-order valence-electron chi connectivity index (χ3n) is 19.1. The van der Waals surface area contributed by atoms with Gasteiger partial charge in [-0.05, 0) is 158 Å². The summed E-state index contributed by atoms with van der Waals surface area (Å²) in [5.74, 6) is 3.80. The molecule has 484 valence electrons. The molecule has 0 bridgehead atoms. The van der Waals surface area contributed by atoms with E-state index in [2.05, 4.69) is 231 Å². The Morgan fingerprint density at radius 1 is 0.163 bits per heavy atom. The molecule has 0 N–H and O–H groups in total. The fourth-order valence-electron chi connectivity index (χ4n) is 13.8. The Labute approximate surface area is 602 Å². The van der Waals surface area contributed by atoms with Crippen LogP contribution in [0.15, 0.2) is 364 Å². The summed E-state index contributed by atoms with van der Waals surface area (Å²) in [4.78, 5) is 29.3. The van der Waals surface area contributed by atoms with Crippen molar-refractivity contribution in [3.63, 3.8) is 0 Å². The standard InChI is InChI=1S/2C48H30N4/c2*49-31-32-27-40(39-24-19-33-11-7-8-16-38(33)29-39)30-41(28-32)43-26-25-42(44-17-9-10-18-45(43)44)34-20-22-37(23-21-34)48-51-46(35-12-3-1-4-13-35)50-47(52-48)36-14-5-2-6-15-36/h2*1-30H. The molecule has 0 radical (unpaired) electrons. The van der Waals surface area contributed by atoms with Crippen molar-refractivity contribution in [1.29, 1.82) is 10.5 Å². The molecule has 0 atom stereocenters. The average Bonchev–Trinajstić information content (AvgIpc) is 0.771. The lowest BCUT2D eigenvalue weighted by molar-refractivity contribution is 1.07. The van der Waals surface area contributed by atoms with Gasteiger partial charge in [0.05, 0.1) is 23.3 Å². The molecular formula is C96H60N8. The predicted octanol–water partition coefficient (Wildman–Crippen LogP) is 24.1. The molecule has 0 aliphatic carbocycles. The molecule has 18 rings (SSSR count). The van der Waals surface area contributed by atoms with Crippen LogP contribution in [0.5, 0.6) is 0 Å². The second-order valence-corrected chi connectivity index (χ2v) is 25.6. The number of hydrogen-bond donors (Lipinski definition) is 0. The summed E-state index contributed by atoms with van der Waals surface area (Å²) in [6, 6.07) is 129. The van der Waals surface area contributed by atoms with Gasteiger partial charge in [-0.3, -0.25) is 0 Å². The van der Waals surface area contributed by atoms with Crippen LogP contribution >= 0.6 is 0 Å². The largest absolute Gasteiger partial charge is 0.208 e. The van der Waals surface area contributed by atoms with Gasteiger partial charge in [-0.1, -0.05) is 315 Å². The molecule has 0 unspecified atom stereocenters. The zero-order valence-electron chi connectivity index (χ0n) is 56.2. The van der Waals surface area contributed by atoms with E-state index in [1.807, 2.05) is 146 Å². The van der Waals surface area contributed by atoms with Crippen molar-refractivity contribution in [2.45, 2.75) is 0 Å². The first kappa shape index (κ1) is 63.0. The van der Waals surface area contributed by atoms with Crippen molar-refractivity contribution in [3.8, 4) is 147 Å². The van der Waals surface area contributed by atoms with Crippen molar-refractivity contribution >= 4 is 43.1 Å². The predicted molar refractivity (Wildman–Crippen MR) is 424 cm³/mol. The minimum atomic E-state index is 0.624. The molecule has 8 nitrogen and oxygen atoms in total. The molecule has 104 heavy (non-hydrogen) atoms. The van der Waals surface area contributed by atoms with E-state index in [4.69, 9.17) is 29.9 Å². The Hall–Kier alpha value is -14.4. The number of benzene rings is 16. The Balaban J connectivity index is 0.000000154. The van der Waals surface area contributed by atoms with Crippen LogP contribution in [0, 0.1) is 22.7 Å². The summed E-state index contributed by atoms with van der Waals surface area (Å²) in [6.45, 7) is 0. The van der Waals surface area contributed by atoms with Crippen molar-refractivity contribution in [1.82, 2.24) is 29.9 Å². The minimum absolute atomic E-state index is 0.624. The van der Waals surface area contributed by atoms with E-state index in [0.29, 0.717) is 46.1 Å². The van der Waals surface area contributed by atoms with Gasteiger partial charge in [-0.25, -0.2) is 29.9 Å². The lowest BCUT2D eigenvalue weighted by Crippen LogP contribution is -2.00. The highest BCUT2D eigenvalue weighted by Gasteiger charge is 2.19. The summed E-state index contributed by atoms with van der Waals surface area (Å²) in [5.41, 5.74) is 19.7. The van der Waals surface area contributed by atoms with Crippen LogP contribution in [-0.2, 0) is 0 Å². The van der Waals surface area contributed by atoms with Gasteiger partial charge in [-0.2, -0.15) is 10.5 Å². The normalized spacial score (nSPS) is 11.1. The third-order valence-corrected chi connectivity index (χ3v) is 19.1. The molecule has 0 aliphatic heterocycles. The molecule has 0 aliphatic rings. The van der Waals surface area contributed by atoms with Gasteiger partial charge < -0.3 is 0 Å². The molecule has 2 aromatic heterocycles. The number of nitriles is 2. The van der Waals surface area contributed by atoms with Crippen LogP contribution in [0.25, 0.3) is 178 Å². The Morgan fingerprint density at radius 2 is 0.394 bits per heavy atom. The molecule has 0 fully saturated rings. The lowest BCUT2D eigenvalue weighted by Gasteiger charge is -2.14. The molecule has 0 saturated carbocycles. The van der Waals surface area contributed by atoms with Gasteiger partial charge in [0.2, 0.25) is 0 Å². The zero-order chi connectivity index (χ0) is 69.7. The summed E-state index contributed by atoms with van der Waals surface area (Å²) in [5, 5.41) is 29.4. The maximum Gasteiger partial charge on any atom is 0.164 e. The van der Waals surface area contributed by atoms with E-state index in [-0.39, 0.29) is 0 Å². The molecule has 0 spiro atoms. The van der Waals surface area contributed by atoms with E-state index in [1.54, 1.807) is 0 Å². The molecule has 2 heterocycles. The van der Waals surface area contributed by atoms with Crippen LogP contribution in [-0.4, -0.2) is 29.9 Å². The second kappa shape index (κ2) is 28.1. The Morgan fingerprint density at radius 3 is 0.692 bits per heavy atom. The van der Waals surface area contributed by atoms with Crippen molar-refractivity contribution < 1.29 is 0 Å². The van der Waals surface area contributed by atoms with Gasteiger partial charge in [0.15, 0.2) is 34.9 Å². The summed E-state index contributed by atoms with van der Waals surface area (Å²) in [6.07, 6.45) is 0. The average molecular weight is 1330 g/mol. The van der Waals surface area contributed by atoms with E-state index in [1.165, 1.54) is 21.5 Å². The van der Waals surface area contributed by atoms with Crippen LogP contribution in [0.3, 0.4) is 0 Å². The molecular weight excluding hydrogens is 1270 g/mol. The number of aromatic nitrogens is 6. The fraction of sp³-hybridized carbons (Fsp3) is 0. The monoisotopic (exact) mass is 1320 g/mol. The molecule has 16 aromatic carbocycles. The zero-order valence-corrected chi connectivity index (χ0v) is 56.2. The topological polar surface area (TPSA) is 125 Å². The highest BCUT2D eigenvalue weighted by atomic mass is 15.0. The Kier molecular flexibility index (Phi) is 17.0. The van der Waals surface area contributed by atoms with Gasteiger partial charge in [-0.15, -0.1) is 0 Å². The molecule has 18 aromatic rings. The minimum Gasteiger partial charge on any atom is -0.208 e. The van der Waals surface area contributed by atoms with E-state index in [0.717, 1.165) is 122 Å². The van der Waals surface area contributed by atoms with Crippen LogP contribution in [0.2, 0.25) is 0 Å². The van der Waals surface area contributed by atoms with Gasteiger partial charge in [0.25, 0.3) is 0 Å². The maximum absolute atomic E-state index is 10.0. The highest BCUT2D eigenvalue weighted by Crippen LogP contribution is 2.42. The number of fused-ring (bicyclic) bond motifs is 4. The van der Waals surface area contributed by atoms with Gasteiger partial charge >= 0.3 is 0 Å². The van der Waals surface area contributed by atoms with Crippen molar-refractivity contribution in [3.05, 3.63) is 375 Å². The lowest BCUT2D eigenvalue weighted by atomic mass is 9.89. The summed E-state index contributed by atoms with van der Waals surface area (Å²) >= 11 is 0. The SMILES string of the molecule is N#Cc1cc(-c2ccc3ccccc3c2)cc(-c2ccc(-c3ccc(-c4nc(-c5ccccc5)nc(-c5ccccc5)n4)cc3)c3ccccc23)c1.N#Cc1cc(-c2ccc3ccccc3c2)cc(-c2ccc(-c3ccc(-c4nc(-c5ccccc5)nc(-c5ccccc5)n4)cc3)c3ccccc23)c1. The fourth-order valence-corrected chi connectivity index (χ4v) is 13.8. The van der Waals surface area contributed by atoms with E-state index < -0.39 is 0 Å². The molecule has 8 heteroatoms. The van der Waals surface area contributed by atoms with E-state index >= 15 is 0 Å². The van der Waals surface area contributed by atoms with Crippen LogP contribution in [0.1, 0.15) is 11.1 Å². The van der Waals surface area contributed by atoms with Gasteiger partial charge in [0.1, 0.15) is 0 Å². The number of rotatable bonds is 12. The molecule has 0 amide bonds. The van der Waals surface area contributed by atoms with Crippen LogP contribution < -0.4 is 0 Å². The first-order valence-electron chi connectivity index (χ1n) is 34.5. The summed E-state index contributed by atoms with van der Waals surface area (Å²) < 4.78 is 0. The highest BCUT2D eigenvalue weighted by molar-refractivity contribution is 6.07. The first-order valence-corrected chi connectivity index (χ1v) is 34.5. The quantitative estimate of drug-likeness (QED) is 0.118. The first-order chi connectivity index (χ1) is 51.4. The molecule has 0 saturated heterocycles. The van der Waals surface area contributed by atoms with Gasteiger partial charge in [0, 0.05) is 33.4 Å². The van der Waals surface area contributed by atoms with E-state index in [9.17, 15) is 10.5 Å². The Bertz CT molecular complexity index is 5840.